The molecule has 2 rings (SSSR count). The second-order valence-corrected chi connectivity index (χ2v) is 2.89. The van der Waals surface area contributed by atoms with Crippen molar-refractivity contribution in [1.29, 1.82) is 0 Å². The van der Waals surface area contributed by atoms with Crippen molar-refractivity contribution in [2.24, 2.45) is 5.73 Å². The van der Waals surface area contributed by atoms with Gasteiger partial charge < -0.3 is 15.7 Å². The van der Waals surface area contributed by atoms with Crippen LogP contribution in [0.4, 0.5) is 0 Å². The number of nitrogens with zero attached hydrogens (tertiary/aromatic N) is 1. The number of H-pyrrole nitrogens is 2. The van der Waals surface area contributed by atoms with Gasteiger partial charge in [-0.1, -0.05) is 0 Å². The highest BCUT2D eigenvalue weighted by Gasteiger charge is 2.07. The molecule has 2 heterocycles. The van der Waals surface area contributed by atoms with Gasteiger partial charge in [0, 0.05) is 12.7 Å². The largest absolute Gasteiger partial charge is 0.346 e. The average Bonchev–Trinajstić information content (AvgIpc) is 2.47. The first-order valence-corrected chi connectivity index (χ1v) is 3.99. The molecule has 0 radical (unpaired) electrons. The number of nitrogens with one attached hydrogen (secondary N) is 2. The number of aryl methyl sites for hydroxylation is 1. The SMILES string of the molecule is Cc1nc2[nH]cc(CN)c2c(=O)[nH]1. The quantitative estimate of drug-likeness (QED) is 0.575. The summed E-state index contributed by atoms with van der Waals surface area (Å²) >= 11 is 0. The first kappa shape index (κ1) is 8.00. The maximum Gasteiger partial charge on any atom is 0.260 e. The summed E-state index contributed by atoms with van der Waals surface area (Å²) in [5.41, 5.74) is 6.73. The van der Waals surface area contributed by atoms with E-state index in [4.69, 9.17) is 5.73 Å². The van der Waals surface area contributed by atoms with Crippen molar-refractivity contribution in [3.63, 3.8) is 0 Å². The fourth-order valence-corrected chi connectivity index (χ4v) is 1.38. The second-order valence-electron chi connectivity index (χ2n) is 2.89. The molecule has 13 heavy (non-hydrogen) atoms. The van der Waals surface area contributed by atoms with Crippen molar-refractivity contribution in [3.05, 3.63) is 27.9 Å². The van der Waals surface area contributed by atoms with Gasteiger partial charge in [-0.2, -0.15) is 0 Å². The molecule has 4 N–H and O–H groups in total. The Bertz CT molecular complexity index is 496. The van der Waals surface area contributed by atoms with Crippen molar-refractivity contribution >= 4 is 11.0 Å². The minimum atomic E-state index is -0.135. The van der Waals surface area contributed by atoms with Gasteiger partial charge in [-0.3, -0.25) is 4.79 Å². The minimum Gasteiger partial charge on any atom is -0.346 e. The Morgan fingerprint density at radius 3 is 3.08 bits per heavy atom. The molecule has 0 unspecified atom stereocenters. The summed E-state index contributed by atoms with van der Waals surface area (Å²) in [6, 6.07) is 0. The summed E-state index contributed by atoms with van der Waals surface area (Å²) in [5.74, 6) is 0.600. The summed E-state index contributed by atoms with van der Waals surface area (Å²) in [5, 5.41) is 0.563. The maximum atomic E-state index is 11.5. The Morgan fingerprint density at radius 1 is 1.62 bits per heavy atom. The first-order valence-electron chi connectivity index (χ1n) is 3.99. The number of fused-ring (bicyclic) bond motifs is 1. The van der Waals surface area contributed by atoms with Crippen LogP contribution in [-0.4, -0.2) is 15.0 Å². The van der Waals surface area contributed by atoms with E-state index in [0.717, 1.165) is 5.56 Å². The lowest BCUT2D eigenvalue weighted by Gasteiger charge is -1.93. The zero-order valence-corrected chi connectivity index (χ0v) is 7.22. The maximum absolute atomic E-state index is 11.5. The van der Waals surface area contributed by atoms with E-state index in [1.54, 1.807) is 13.1 Å². The van der Waals surface area contributed by atoms with Crippen LogP contribution in [0.15, 0.2) is 11.0 Å². The number of aromatic nitrogens is 3. The lowest BCUT2D eigenvalue weighted by Crippen LogP contribution is -2.11. The average molecular weight is 178 g/mol. The summed E-state index contributed by atoms with van der Waals surface area (Å²) in [6.45, 7) is 2.08. The number of hydrogen-bond acceptors (Lipinski definition) is 3. The van der Waals surface area contributed by atoms with Crippen LogP contribution < -0.4 is 11.3 Å². The molecule has 0 saturated carbocycles. The lowest BCUT2D eigenvalue weighted by atomic mass is 10.2. The van der Waals surface area contributed by atoms with Crippen LogP contribution in [0.2, 0.25) is 0 Å². The van der Waals surface area contributed by atoms with Gasteiger partial charge in [-0.25, -0.2) is 4.98 Å². The molecule has 0 fully saturated rings. The fourth-order valence-electron chi connectivity index (χ4n) is 1.38. The zero-order chi connectivity index (χ0) is 9.42. The van der Waals surface area contributed by atoms with E-state index in [-0.39, 0.29) is 5.56 Å². The van der Waals surface area contributed by atoms with Crippen molar-refractivity contribution in [2.75, 3.05) is 0 Å². The number of hydrogen-bond donors (Lipinski definition) is 3. The molecule has 0 amide bonds. The smallest absolute Gasteiger partial charge is 0.260 e. The Labute approximate surface area is 74.0 Å². The molecular weight excluding hydrogens is 168 g/mol. The van der Waals surface area contributed by atoms with E-state index < -0.39 is 0 Å². The summed E-state index contributed by atoms with van der Waals surface area (Å²) in [7, 11) is 0. The van der Waals surface area contributed by atoms with Gasteiger partial charge in [-0.15, -0.1) is 0 Å². The topological polar surface area (TPSA) is 87.6 Å². The zero-order valence-electron chi connectivity index (χ0n) is 7.22. The van der Waals surface area contributed by atoms with Gasteiger partial charge in [0.2, 0.25) is 0 Å². The highest BCUT2D eigenvalue weighted by molar-refractivity contribution is 5.78. The molecule has 0 aliphatic carbocycles. The highest BCUT2D eigenvalue weighted by atomic mass is 16.1. The molecule has 5 heteroatoms. The van der Waals surface area contributed by atoms with E-state index in [2.05, 4.69) is 15.0 Å². The fraction of sp³-hybridized carbons (Fsp3) is 0.250. The van der Waals surface area contributed by atoms with Crippen molar-refractivity contribution in [1.82, 2.24) is 15.0 Å². The van der Waals surface area contributed by atoms with Crippen molar-refractivity contribution < 1.29 is 0 Å². The van der Waals surface area contributed by atoms with Crippen LogP contribution in [-0.2, 0) is 6.54 Å². The molecular formula is C8H10N4O. The van der Waals surface area contributed by atoms with Crippen LogP contribution in [0.3, 0.4) is 0 Å². The molecule has 0 aliphatic heterocycles. The molecule has 0 aliphatic rings. The summed E-state index contributed by atoms with van der Waals surface area (Å²) in [4.78, 5) is 21.1. The molecule has 2 aromatic rings. The molecule has 5 nitrogen and oxygen atoms in total. The highest BCUT2D eigenvalue weighted by Crippen LogP contribution is 2.10. The molecule has 0 bridgehead atoms. The Kier molecular flexibility index (Phi) is 1.66. The Balaban J connectivity index is 2.90. The monoisotopic (exact) mass is 178 g/mol. The predicted octanol–water partition coefficient (Wildman–Crippen LogP) is 0.0183. The third kappa shape index (κ3) is 1.13. The van der Waals surface area contributed by atoms with Gasteiger partial charge >= 0.3 is 0 Å². The Hall–Kier alpha value is -1.62. The molecule has 0 saturated heterocycles. The van der Waals surface area contributed by atoms with Crippen LogP contribution in [0.1, 0.15) is 11.4 Å². The van der Waals surface area contributed by atoms with Gasteiger partial charge in [0.25, 0.3) is 5.56 Å². The van der Waals surface area contributed by atoms with Crippen molar-refractivity contribution in [3.8, 4) is 0 Å². The van der Waals surface area contributed by atoms with Crippen LogP contribution in [0.5, 0.6) is 0 Å². The van der Waals surface area contributed by atoms with Crippen LogP contribution in [0, 0.1) is 6.92 Å². The third-order valence-electron chi connectivity index (χ3n) is 1.96. The molecule has 0 spiro atoms. The molecule has 68 valence electrons. The molecule has 0 atom stereocenters. The normalized spacial score (nSPS) is 10.9. The summed E-state index contributed by atoms with van der Waals surface area (Å²) in [6.07, 6.45) is 1.71. The molecule has 2 aromatic heterocycles. The summed E-state index contributed by atoms with van der Waals surface area (Å²) < 4.78 is 0. The lowest BCUT2D eigenvalue weighted by molar-refractivity contribution is 1.04. The van der Waals surface area contributed by atoms with E-state index in [1.165, 1.54) is 0 Å². The van der Waals surface area contributed by atoms with E-state index in [1.807, 2.05) is 0 Å². The number of nitrogens with two attached hydrogens (primary N) is 1. The first-order chi connectivity index (χ1) is 6.22. The van der Waals surface area contributed by atoms with E-state index >= 15 is 0 Å². The second kappa shape index (κ2) is 2.70. The van der Waals surface area contributed by atoms with Gasteiger partial charge in [0.05, 0.1) is 5.39 Å². The van der Waals surface area contributed by atoms with Gasteiger partial charge in [-0.05, 0) is 12.5 Å². The van der Waals surface area contributed by atoms with Gasteiger partial charge in [0.15, 0.2) is 0 Å². The van der Waals surface area contributed by atoms with E-state index in [0.29, 0.717) is 23.4 Å². The minimum absolute atomic E-state index is 0.135. The third-order valence-corrected chi connectivity index (χ3v) is 1.96. The predicted molar refractivity (Wildman–Crippen MR) is 49.3 cm³/mol. The standard InChI is InChI=1S/C8H10N4O/c1-4-11-7-6(8(13)12-4)5(2-9)3-10-7/h3H,2,9H2,1H3,(H2,10,11,12,13). The van der Waals surface area contributed by atoms with Gasteiger partial charge in [0.1, 0.15) is 11.5 Å². The Morgan fingerprint density at radius 2 is 2.38 bits per heavy atom. The van der Waals surface area contributed by atoms with Crippen LogP contribution >= 0.6 is 0 Å². The van der Waals surface area contributed by atoms with Crippen molar-refractivity contribution in [2.45, 2.75) is 13.5 Å². The van der Waals surface area contributed by atoms with E-state index in [9.17, 15) is 4.79 Å². The molecule has 0 aromatic carbocycles. The van der Waals surface area contributed by atoms with Crippen LogP contribution in [0.25, 0.3) is 11.0 Å². The number of aromatic amines is 2. The number of rotatable bonds is 1.